The molecule has 0 amide bonds. The van der Waals surface area contributed by atoms with Gasteiger partial charge in [-0.3, -0.25) is 0 Å². The van der Waals surface area contributed by atoms with Crippen LogP contribution >= 0.6 is 0 Å². The topological polar surface area (TPSA) is 56.7 Å². The maximum atomic E-state index is 5.78. The SMILES string of the molecule is c1ccc2c(c1)O[C](c1cncnc1N1CCOCC1)O2. The summed E-state index contributed by atoms with van der Waals surface area (Å²) in [7, 11) is 0. The normalized spacial score (nSPS) is 18.0. The summed E-state index contributed by atoms with van der Waals surface area (Å²) >= 11 is 0. The third kappa shape index (κ3) is 2.27. The summed E-state index contributed by atoms with van der Waals surface area (Å²) in [4.78, 5) is 10.6. The zero-order valence-corrected chi connectivity index (χ0v) is 11.4. The molecule has 6 nitrogen and oxygen atoms in total. The molecule has 0 aliphatic carbocycles. The van der Waals surface area contributed by atoms with Crippen LogP contribution in [0, 0.1) is 6.29 Å². The zero-order valence-electron chi connectivity index (χ0n) is 11.4. The molecule has 0 N–H and O–H groups in total. The minimum Gasteiger partial charge on any atom is -0.438 e. The average Bonchev–Trinajstić information content (AvgIpc) is 2.99. The second kappa shape index (κ2) is 5.21. The number of hydrogen-bond donors (Lipinski definition) is 0. The van der Waals surface area contributed by atoms with Crippen molar-refractivity contribution in [1.82, 2.24) is 9.97 Å². The molecule has 2 aromatic rings. The molecule has 2 aliphatic heterocycles. The number of rotatable bonds is 2. The first-order chi connectivity index (χ1) is 10.4. The second-order valence-corrected chi connectivity index (χ2v) is 4.80. The Bertz CT molecular complexity index is 619. The molecule has 107 valence electrons. The van der Waals surface area contributed by atoms with Crippen LogP contribution in [0.2, 0.25) is 0 Å². The fourth-order valence-electron chi connectivity index (χ4n) is 2.44. The Balaban J connectivity index is 1.64. The van der Waals surface area contributed by atoms with Gasteiger partial charge in [-0.2, -0.15) is 0 Å². The Morgan fingerprint density at radius 1 is 1.00 bits per heavy atom. The molecule has 6 heteroatoms. The highest BCUT2D eigenvalue weighted by Gasteiger charge is 2.32. The van der Waals surface area contributed by atoms with Crippen LogP contribution in [0.25, 0.3) is 0 Å². The van der Waals surface area contributed by atoms with Crippen LogP contribution in [-0.2, 0) is 4.74 Å². The molecule has 1 fully saturated rings. The quantitative estimate of drug-likeness (QED) is 0.835. The lowest BCUT2D eigenvalue weighted by molar-refractivity contribution is 0.122. The lowest BCUT2D eigenvalue weighted by Gasteiger charge is -2.29. The maximum Gasteiger partial charge on any atom is 0.368 e. The van der Waals surface area contributed by atoms with Gasteiger partial charge in [0.1, 0.15) is 17.7 Å². The van der Waals surface area contributed by atoms with Gasteiger partial charge in [-0.1, -0.05) is 12.1 Å². The number of aromatic nitrogens is 2. The summed E-state index contributed by atoms with van der Waals surface area (Å²) < 4.78 is 16.9. The highest BCUT2D eigenvalue weighted by Crippen LogP contribution is 2.41. The summed E-state index contributed by atoms with van der Waals surface area (Å²) in [6.07, 6.45) is 3.69. The van der Waals surface area contributed by atoms with Crippen LogP contribution in [0.4, 0.5) is 5.82 Å². The van der Waals surface area contributed by atoms with Gasteiger partial charge in [-0.15, -0.1) is 0 Å². The van der Waals surface area contributed by atoms with E-state index < -0.39 is 0 Å². The highest BCUT2D eigenvalue weighted by atomic mass is 16.7. The summed E-state index contributed by atoms with van der Waals surface area (Å²) in [6.45, 7) is 2.98. The molecular formula is C15H14N3O3. The van der Waals surface area contributed by atoms with E-state index in [9.17, 15) is 0 Å². The molecule has 0 saturated carbocycles. The van der Waals surface area contributed by atoms with E-state index >= 15 is 0 Å². The minimum absolute atomic E-state index is 0.429. The smallest absolute Gasteiger partial charge is 0.368 e. The fourth-order valence-corrected chi connectivity index (χ4v) is 2.44. The van der Waals surface area contributed by atoms with Gasteiger partial charge in [0.15, 0.2) is 11.5 Å². The predicted octanol–water partition coefficient (Wildman–Crippen LogP) is 1.62. The third-order valence-corrected chi connectivity index (χ3v) is 3.48. The number of para-hydroxylation sites is 2. The van der Waals surface area contributed by atoms with Crippen molar-refractivity contribution in [1.29, 1.82) is 0 Å². The minimum atomic E-state index is 0.429. The van der Waals surface area contributed by atoms with Crippen LogP contribution in [-0.4, -0.2) is 36.3 Å². The summed E-state index contributed by atoms with van der Waals surface area (Å²) in [5.41, 5.74) is 0.760. The number of ether oxygens (including phenoxy) is 3. The van der Waals surface area contributed by atoms with Crippen molar-refractivity contribution >= 4 is 5.82 Å². The van der Waals surface area contributed by atoms with Gasteiger partial charge in [0.05, 0.1) is 13.2 Å². The van der Waals surface area contributed by atoms with Crippen LogP contribution in [0.1, 0.15) is 5.56 Å². The molecular weight excluding hydrogens is 270 g/mol. The molecule has 4 rings (SSSR count). The molecule has 3 heterocycles. The van der Waals surface area contributed by atoms with Crippen LogP contribution < -0.4 is 14.4 Å². The number of hydrogen-bond acceptors (Lipinski definition) is 6. The first-order valence-corrected chi connectivity index (χ1v) is 6.86. The number of benzene rings is 1. The van der Waals surface area contributed by atoms with Gasteiger partial charge >= 0.3 is 6.29 Å². The Kier molecular flexibility index (Phi) is 3.08. The van der Waals surface area contributed by atoms with Crippen molar-refractivity contribution in [3.05, 3.63) is 48.6 Å². The first kappa shape index (κ1) is 12.4. The summed E-state index contributed by atoms with van der Waals surface area (Å²) in [5.74, 6) is 2.24. The molecule has 1 saturated heterocycles. The van der Waals surface area contributed by atoms with E-state index in [1.807, 2.05) is 24.3 Å². The van der Waals surface area contributed by atoms with E-state index in [1.165, 1.54) is 6.33 Å². The summed E-state index contributed by atoms with van der Waals surface area (Å²) in [6, 6.07) is 7.58. The lowest BCUT2D eigenvalue weighted by atomic mass is 10.2. The fraction of sp³-hybridized carbons (Fsp3) is 0.267. The van der Waals surface area contributed by atoms with Crippen LogP contribution in [0.5, 0.6) is 11.5 Å². The molecule has 1 radical (unpaired) electrons. The van der Waals surface area contributed by atoms with Gasteiger partial charge in [0, 0.05) is 19.3 Å². The van der Waals surface area contributed by atoms with E-state index in [0.29, 0.717) is 31.0 Å². The van der Waals surface area contributed by atoms with E-state index in [1.54, 1.807) is 6.20 Å². The van der Waals surface area contributed by atoms with Crippen molar-refractivity contribution in [2.24, 2.45) is 0 Å². The molecule has 2 aliphatic rings. The average molecular weight is 284 g/mol. The van der Waals surface area contributed by atoms with E-state index in [-0.39, 0.29) is 0 Å². The standard InChI is InChI=1S/C15H14N3O3/c1-2-4-13-12(3-1)20-15(21-13)11-9-16-10-17-14(11)18-5-7-19-8-6-18/h1-4,9-10H,5-8H2. The largest absolute Gasteiger partial charge is 0.438 e. The van der Waals surface area contributed by atoms with Gasteiger partial charge < -0.3 is 19.1 Å². The van der Waals surface area contributed by atoms with Gasteiger partial charge in [0.25, 0.3) is 0 Å². The maximum absolute atomic E-state index is 5.78. The molecule has 0 unspecified atom stereocenters. The molecule has 1 aromatic heterocycles. The number of nitrogens with zero attached hydrogens (tertiary/aromatic N) is 3. The van der Waals surface area contributed by atoms with E-state index in [4.69, 9.17) is 14.2 Å². The molecule has 0 bridgehead atoms. The lowest BCUT2D eigenvalue weighted by Crippen LogP contribution is -2.38. The zero-order chi connectivity index (χ0) is 14.1. The van der Waals surface area contributed by atoms with Crippen LogP contribution in [0.3, 0.4) is 0 Å². The van der Waals surface area contributed by atoms with Crippen molar-refractivity contribution in [2.45, 2.75) is 0 Å². The number of fused-ring (bicyclic) bond motifs is 1. The van der Waals surface area contributed by atoms with Crippen molar-refractivity contribution < 1.29 is 14.2 Å². The Morgan fingerprint density at radius 2 is 1.71 bits per heavy atom. The Morgan fingerprint density at radius 3 is 2.43 bits per heavy atom. The summed E-state index contributed by atoms with van der Waals surface area (Å²) in [5, 5.41) is 0. The van der Waals surface area contributed by atoms with Crippen molar-refractivity contribution in [3.63, 3.8) is 0 Å². The highest BCUT2D eigenvalue weighted by molar-refractivity contribution is 5.54. The Labute approximate surface area is 122 Å². The van der Waals surface area contributed by atoms with Crippen molar-refractivity contribution in [2.75, 3.05) is 31.2 Å². The molecule has 0 atom stereocenters. The molecule has 0 spiro atoms. The van der Waals surface area contributed by atoms with Gasteiger partial charge in [-0.25, -0.2) is 9.97 Å². The molecule has 1 aromatic carbocycles. The van der Waals surface area contributed by atoms with Crippen molar-refractivity contribution in [3.8, 4) is 11.5 Å². The second-order valence-electron chi connectivity index (χ2n) is 4.80. The number of anilines is 1. The predicted molar refractivity (Wildman–Crippen MR) is 75.1 cm³/mol. The third-order valence-electron chi connectivity index (χ3n) is 3.48. The van der Waals surface area contributed by atoms with E-state index in [0.717, 1.165) is 24.5 Å². The van der Waals surface area contributed by atoms with E-state index in [2.05, 4.69) is 14.9 Å². The molecule has 21 heavy (non-hydrogen) atoms. The van der Waals surface area contributed by atoms with Gasteiger partial charge in [0.2, 0.25) is 0 Å². The Hall–Kier alpha value is -2.34. The monoisotopic (exact) mass is 284 g/mol. The first-order valence-electron chi connectivity index (χ1n) is 6.86. The van der Waals surface area contributed by atoms with Crippen LogP contribution in [0.15, 0.2) is 36.8 Å². The number of morpholine rings is 1. The van der Waals surface area contributed by atoms with Gasteiger partial charge in [-0.05, 0) is 12.1 Å².